The summed E-state index contributed by atoms with van der Waals surface area (Å²) in [6.45, 7) is 0.384. The van der Waals surface area contributed by atoms with E-state index in [0.717, 1.165) is 5.56 Å². The Morgan fingerprint density at radius 1 is 1.20 bits per heavy atom. The molecule has 2 aromatic rings. The number of rotatable bonds is 5. The number of ether oxygens (including phenoxy) is 2. The van der Waals surface area contributed by atoms with Crippen LogP contribution in [0, 0.1) is 0 Å². The van der Waals surface area contributed by atoms with E-state index in [1.54, 1.807) is 13.2 Å². The van der Waals surface area contributed by atoms with Gasteiger partial charge in [-0.15, -0.1) is 0 Å². The Balaban J connectivity index is 2.19. The molecule has 0 radical (unpaired) electrons. The third-order valence-electron chi connectivity index (χ3n) is 2.53. The molecule has 106 valence electrons. The van der Waals surface area contributed by atoms with Gasteiger partial charge >= 0.3 is 6.01 Å². The molecule has 0 saturated heterocycles. The van der Waals surface area contributed by atoms with E-state index in [1.165, 1.54) is 7.11 Å². The lowest BCUT2D eigenvalue weighted by Crippen LogP contribution is -2.09. The number of aromatic nitrogens is 3. The van der Waals surface area contributed by atoms with Crippen LogP contribution in [-0.2, 0) is 6.54 Å². The van der Waals surface area contributed by atoms with Gasteiger partial charge in [-0.3, -0.25) is 0 Å². The summed E-state index contributed by atoms with van der Waals surface area (Å²) in [4.78, 5) is 11.8. The summed E-state index contributed by atoms with van der Waals surface area (Å²) in [6, 6.07) is 5.56. The molecule has 0 aliphatic rings. The maximum atomic E-state index is 6.14. The Morgan fingerprint density at radius 3 is 2.70 bits per heavy atom. The second-order valence-corrected chi connectivity index (χ2v) is 4.19. The molecular formula is C12H14ClN5O2. The number of methoxy groups -OCH3 is 2. The Morgan fingerprint density at radius 2 is 2.00 bits per heavy atom. The standard InChI is InChI=1S/C12H14ClN5O2/c1-19-9-5-3-4-8(13)7(9)6-15-11-16-10(14)17-12(18-11)20-2/h3-5H,6H2,1-2H3,(H3,14,15,16,17,18). The van der Waals surface area contributed by atoms with Crippen molar-refractivity contribution in [1.82, 2.24) is 15.0 Å². The van der Waals surface area contributed by atoms with Gasteiger partial charge in [-0.25, -0.2) is 0 Å². The maximum Gasteiger partial charge on any atom is 0.322 e. The highest BCUT2D eigenvalue weighted by atomic mass is 35.5. The number of anilines is 2. The zero-order chi connectivity index (χ0) is 14.5. The van der Waals surface area contributed by atoms with Crippen LogP contribution in [0.3, 0.4) is 0 Å². The van der Waals surface area contributed by atoms with E-state index in [-0.39, 0.29) is 12.0 Å². The summed E-state index contributed by atoms with van der Waals surface area (Å²) in [6.07, 6.45) is 0. The van der Waals surface area contributed by atoms with Crippen LogP contribution in [0.15, 0.2) is 18.2 Å². The summed E-state index contributed by atoms with van der Waals surface area (Å²) in [5.41, 5.74) is 6.36. The summed E-state index contributed by atoms with van der Waals surface area (Å²) >= 11 is 6.14. The largest absolute Gasteiger partial charge is 0.496 e. The first-order valence-electron chi connectivity index (χ1n) is 5.75. The minimum Gasteiger partial charge on any atom is -0.496 e. The SMILES string of the molecule is COc1nc(N)nc(NCc2c(Cl)cccc2OC)n1. The number of nitrogen functional groups attached to an aromatic ring is 1. The zero-order valence-electron chi connectivity index (χ0n) is 11.1. The van der Waals surface area contributed by atoms with E-state index < -0.39 is 0 Å². The topological polar surface area (TPSA) is 95.2 Å². The smallest absolute Gasteiger partial charge is 0.322 e. The van der Waals surface area contributed by atoms with Crippen molar-refractivity contribution in [3.63, 3.8) is 0 Å². The predicted octanol–water partition coefficient (Wildman–Crippen LogP) is 1.74. The molecule has 3 N–H and O–H groups in total. The summed E-state index contributed by atoms with van der Waals surface area (Å²) in [7, 11) is 3.04. The second-order valence-electron chi connectivity index (χ2n) is 3.78. The first-order valence-corrected chi connectivity index (χ1v) is 6.12. The molecule has 0 saturated carbocycles. The first kappa shape index (κ1) is 14.1. The molecule has 1 aromatic heterocycles. The van der Waals surface area contributed by atoms with E-state index >= 15 is 0 Å². The fourth-order valence-electron chi connectivity index (χ4n) is 1.61. The Kier molecular flexibility index (Phi) is 4.41. The molecule has 8 heteroatoms. The number of nitrogens with zero attached hydrogens (tertiary/aromatic N) is 3. The Bertz CT molecular complexity index is 608. The number of hydrogen-bond donors (Lipinski definition) is 2. The van der Waals surface area contributed by atoms with Crippen molar-refractivity contribution in [3.05, 3.63) is 28.8 Å². The van der Waals surface area contributed by atoms with Gasteiger partial charge in [0.1, 0.15) is 5.75 Å². The van der Waals surface area contributed by atoms with Crippen LogP contribution in [0.1, 0.15) is 5.56 Å². The van der Waals surface area contributed by atoms with Crippen molar-refractivity contribution >= 4 is 23.5 Å². The molecule has 1 aromatic carbocycles. The summed E-state index contributed by atoms with van der Waals surface area (Å²) in [5.74, 6) is 1.06. The van der Waals surface area contributed by atoms with Gasteiger partial charge in [0.2, 0.25) is 11.9 Å². The summed E-state index contributed by atoms with van der Waals surface area (Å²) in [5, 5.41) is 3.59. The van der Waals surface area contributed by atoms with Gasteiger partial charge in [0.15, 0.2) is 0 Å². The minimum atomic E-state index is 0.0745. The molecule has 0 fully saturated rings. The molecule has 0 amide bonds. The molecule has 2 rings (SSSR count). The van der Waals surface area contributed by atoms with Crippen LogP contribution >= 0.6 is 11.6 Å². The summed E-state index contributed by atoms with van der Waals surface area (Å²) < 4.78 is 10.2. The van der Waals surface area contributed by atoms with Crippen molar-refractivity contribution in [1.29, 1.82) is 0 Å². The van der Waals surface area contributed by atoms with Gasteiger partial charge in [-0.1, -0.05) is 17.7 Å². The first-order chi connectivity index (χ1) is 9.63. The Hall–Kier alpha value is -2.28. The number of halogens is 1. The average Bonchev–Trinajstić information content (AvgIpc) is 2.45. The number of benzene rings is 1. The van der Waals surface area contributed by atoms with Gasteiger partial charge in [-0.05, 0) is 12.1 Å². The molecule has 0 unspecified atom stereocenters. The van der Waals surface area contributed by atoms with Gasteiger partial charge in [0.05, 0.1) is 14.2 Å². The van der Waals surface area contributed by atoms with Gasteiger partial charge in [0.25, 0.3) is 0 Å². The lowest BCUT2D eigenvalue weighted by atomic mass is 10.2. The maximum absolute atomic E-state index is 6.14. The van der Waals surface area contributed by atoms with Crippen LogP contribution < -0.4 is 20.5 Å². The molecule has 0 aliphatic carbocycles. The molecule has 20 heavy (non-hydrogen) atoms. The molecule has 0 atom stereocenters. The third-order valence-corrected chi connectivity index (χ3v) is 2.89. The molecule has 1 heterocycles. The van der Waals surface area contributed by atoms with Crippen LogP contribution in [0.5, 0.6) is 11.8 Å². The number of hydrogen-bond acceptors (Lipinski definition) is 7. The molecule has 0 bridgehead atoms. The van der Waals surface area contributed by atoms with Crippen molar-refractivity contribution in [2.75, 3.05) is 25.3 Å². The normalized spacial score (nSPS) is 10.2. The van der Waals surface area contributed by atoms with Crippen LogP contribution in [0.25, 0.3) is 0 Å². The van der Waals surface area contributed by atoms with Gasteiger partial charge in [0, 0.05) is 17.1 Å². The van der Waals surface area contributed by atoms with E-state index in [4.69, 9.17) is 26.8 Å². The van der Waals surface area contributed by atoms with Crippen molar-refractivity contribution < 1.29 is 9.47 Å². The van der Waals surface area contributed by atoms with Crippen LogP contribution in [-0.4, -0.2) is 29.2 Å². The van der Waals surface area contributed by atoms with Crippen molar-refractivity contribution in [2.24, 2.45) is 0 Å². The van der Waals surface area contributed by atoms with Gasteiger partial charge in [-0.2, -0.15) is 15.0 Å². The van der Waals surface area contributed by atoms with Crippen LogP contribution in [0.4, 0.5) is 11.9 Å². The fourth-order valence-corrected chi connectivity index (χ4v) is 1.84. The van der Waals surface area contributed by atoms with Gasteiger partial charge < -0.3 is 20.5 Å². The highest BCUT2D eigenvalue weighted by Gasteiger charge is 2.09. The monoisotopic (exact) mass is 295 g/mol. The third kappa shape index (κ3) is 3.18. The van der Waals surface area contributed by atoms with E-state index in [2.05, 4.69) is 20.3 Å². The lowest BCUT2D eigenvalue weighted by molar-refractivity contribution is 0.379. The fraction of sp³-hybridized carbons (Fsp3) is 0.250. The number of nitrogens with one attached hydrogen (secondary N) is 1. The van der Waals surface area contributed by atoms with Crippen molar-refractivity contribution in [3.8, 4) is 11.8 Å². The van der Waals surface area contributed by atoms with E-state index in [9.17, 15) is 0 Å². The predicted molar refractivity (Wildman–Crippen MR) is 76.1 cm³/mol. The van der Waals surface area contributed by atoms with Crippen molar-refractivity contribution in [2.45, 2.75) is 6.54 Å². The molecule has 7 nitrogen and oxygen atoms in total. The zero-order valence-corrected chi connectivity index (χ0v) is 11.8. The quantitative estimate of drug-likeness (QED) is 0.867. The highest BCUT2D eigenvalue weighted by Crippen LogP contribution is 2.26. The minimum absolute atomic E-state index is 0.0745. The molecule has 0 aliphatic heterocycles. The second kappa shape index (κ2) is 6.25. The molecular weight excluding hydrogens is 282 g/mol. The van der Waals surface area contributed by atoms with E-state index in [1.807, 2.05) is 12.1 Å². The highest BCUT2D eigenvalue weighted by molar-refractivity contribution is 6.31. The lowest BCUT2D eigenvalue weighted by Gasteiger charge is -2.11. The van der Waals surface area contributed by atoms with Crippen LogP contribution in [0.2, 0.25) is 5.02 Å². The molecule has 0 spiro atoms. The average molecular weight is 296 g/mol. The Labute approximate surface area is 121 Å². The van der Waals surface area contributed by atoms with E-state index in [0.29, 0.717) is 23.3 Å². The number of nitrogens with two attached hydrogens (primary N) is 1.